The Morgan fingerprint density at radius 3 is 2.47 bits per heavy atom. The van der Waals surface area contributed by atoms with Crippen LogP contribution in [0, 0.1) is 0 Å². The smallest absolute Gasteiger partial charge is 0.393 e. The number of aliphatic hydroxyl groups is 1. The average molecular weight is 292 g/mol. The Morgan fingerprint density at radius 1 is 1.32 bits per heavy atom. The molecule has 0 spiro atoms. The van der Waals surface area contributed by atoms with E-state index in [9.17, 15) is 26.7 Å². The molecule has 7 heteroatoms. The molecule has 0 amide bonds. The number of hydrogen-bond donors (Lipinski definition) is 1. The Balaban J connectivity index is 2.64. The fourth-order valence-electron chi connectivity index (χ4n) is 2.01. The second-order valence-corrected chi connectivity index (χ2v) is 6.35. The van der Waals surface area contributed by atoms with Crippen LogP contribution in [0.3, 0.4) is 0 Å². The molecule has 0 bridgehead atoms. The number of aliphatic hydroxyl groups excluding tert-OH is 1. The minimum absolute atomic E-state index is 0.186. The molecule has 104 valence electrons. The molecule has 1 aromatic carbocycles. The summed E-state index contributed by atoms with van der Waals surface area (Å²) in [5, 5.41) is 9.23. The predicted octanol–water partition coefficient (Wildman–Crippen LogP) is 2.60. The van der Waals surface area contributed by atoms with Crippen molar-refractivity contribution in [2.75, 3.05) is 0 Å². The minimum Gasteiger partial charge on any atom is -0.393 e. The maximum atomic E-state index is 12.8. The first-order valence-electron chi connectivity index (χ1n) is 5.48. The van der Waals surface area contributed by atoms with Crippen molar-refractivity contribution >= 4 is 15.9 Å². The summed E-state index contributed by atoms with van der Waals surface area (Å²) in [6.45, 7) is 1.38. The van der Waals surface area contributed by atoms with E-state index in [2.05, 4.69) is 0 Å². The lowest BCUT2D eigenvalue weighted by molar-refractivity contribution is -0.137. The molecule has 19 heavy (non-hydrogen) atoms. The molecule has 0 aromatic heterocycles. The molecule has 0 fully saturated rings. The zero-order valence-corrected chi connectivity index (χ0v) is 10.7. The van der Waals surface area contributed by atoms with E-state index < -0.39 is 27.7 Å². The molecule has 1 aliphatic heterocycles. The van der Waals surface area contributed by atoms with E-state index in [0.29, 0.717) is 0 Å². The second-order valence-electron chi connectivity index (χ2n) is 4.38. The molecule has 3 nitrogen and oxygen atoms in total. The lowest BCUT2D eigenvalue weighted by atomic mass is 10.1. The van der Waals surface area contributed by atoms with E-state index in [4.69, 9.17) is 0 Å². The van der Waals surface area contributed by atoms with Crippen LogP contribution in [0.15, 0.2) is 28.0 Å². The molecule has 1 aliphatic rings. The van der Waals surface area contributed by atoms with Crippen molar-refractivity contribution in [1.82, 2.24) is 0 Å². The zero-order valence-electron chi connectivity index (χ0n) is 9.90. The quantitative estimate of drug-likeness (QED) is 0.911. The molecule has 1 heterocycles. The topological polar surface area (TPSA) is 54.4 Å². The maximum Gasteiger partial charge on any atom is 0.417 e. The first-order chi connectivity index (χ1) is 8.64. The van der Waals surface area contributed by atoms with E-state index in [-0.39, 0.29) is 21.8 Å². The Hall–Kier alpha value is -1.34. The number of rotatable bonds is 2. The molecule has 1 aromatic rings. The summed E-state index contributed by atoms with van der Waals surface area (Å²) in [5.41, 5.74) is -1.32. The first kappa shape index (κ1) is 14.1. The highest BCUT2D eigenvalue weighted by Gasteiger charge is 2.39. The number of sulfone groups is 1. The second kappa shape index (κ2) is 4.35. The summed E-state index contributed by atoms with van der Waals surface area (Å²) in [6, 6.07) is 3.06. The van der Waals surface area contributed by atoms with Gasteiger partial charge in [-0.25, -0.2) is 8.42 Å². The van der Waals surface area contributed by atoms with Gasteiger partial charge in [0.15, 0.2) is 0 Å². The van der Waals surface area contributed by atoms with Crippen molar-refractivity contribution in [1.29, 1.82) is 0 Å². The van der Waals surface area contributed by atoms with Crippen LogP contribution >= 0.6 is 0 Å². The van der Waals surface area contributed by atoms with Gasteiger partial charge in [-0.2, -0.15) is 13.2 Å². The van der Waals surface area contributed by atoms with Crippen molar-refractivity contribution in [3.8, 4) is 0 Å². The number of benzene rings is 1. The Bertz CT molecular complexity index is 643. The number of alkyl halides is 3. The van der Waals surface area contributed by atoms with Crippen LogP contribution in [0.2, 0.25) is 0 Å². The fraction of sp³-hybridized carbons (Fsp3) is 0.333. The van der Waals surface area contributed by atoms with Crippen molar-refractivity contribution in [2.24, 2.45) is 0 Å². The zero-order chi connectivity index (χ0) is 14.4. The summed E-state index contributed by atoms with van der Waals surface area (Å²) < 4.78 is 62.5. The van der Waals surface area contributed by atoms with E-state index in [0.717, 1.165) is 24.3 Å². The third kappa shape index (κ3) is 2.40. The van der Waals surface area contributed by atoms with Gasteiger partial charge < -0.3 is 5.11 Å². The third-order valence-electron chi connectivity index (χ3n) is 2.81. The number of halogens is 3. The highest BCUT2D eigenvalue weighted by atomic mass is 32.2. The molecule has 0 aliphatic carbocycles. The molecule has 0 radical (unpaired) electrons. The van der Waals surface area contributed by atoms with Crippen molar-refractivity contribution in [3.05, 3.63) is 34.2 Å². The van der Waals surface area contributed by atoms with Crippen LogP contribution < -0.4 is 0 Å². The normalized spacial score (nSPS) is 18.9. The van der Waals surface area contributed by atoms with Crippen LogP contribution in [-0.4, -0.2) is 19.6 Å². The summed E-state index contributed by atoms with van der Waals surface area (Å²) in [6.07, 6.45) is -4.75. The third-order valence-corrected chi connectivity index (χ3v) is 4.72. The molecule has 0 saturated heterocycles. The molecule has 0 saturated carbocycles. The van der Waals surface area contributed by atoms with Gasteiger partial charge in [0.05, 0.1) is 21.5 Å². The Kier molecular flexibility index (Phi) is 3.22. The molecule has 1 atom stereocenters. The fourth-order valence-corrected chi connectivity index (χ4v) is 3.75. The van der Waals surface area contributed by atoms with Crippen LogP contribution in [0.1, 0.15) is 24.5 Å². The van der Waals surface area contributed by atoms with Gasteiger partial charge >= 0.3 is 6.18 Å². The first-order valence-corrected chi connectivity index (χ1v) is 6.96. The highest BCUT2D eigenvalue weighted by molar-refractivity contribution is 7.95. The lowest BCUT2D eigenvalue weighted by Gasteiger charge is -2.10. The van der Waals surface area contributed by atoms with Crippen molar-refractivity contribution in [2.45, 2.75) is 30.5 Å². The van der Waals surface area contributed by atoms with E-state index in [1.165, 1.54) is 6.92 Å². The molecular formula is C12H11F3O3S. The van der Waals surface area contributed by atoms with Gasteiger partial charge in [-0.1, -0.05) is 6.07 Å². The molecule has 1 N–H and O–H groups in total. The van der Waals surface area contributed by atoms with Crippen molar-refractivity contribution in [3.63, 3.8) is 0 Å². The van der Waals surface area contributed by atoms with Crippen LogP contribution in [0.4, 0.5) is 13.2 Å². The van der Waals surface area contributed by atoms with E-state index >= 15 is 0 Å². The summed E-state index contributed by atoms with van der Waals surface area (Å²) in [4.78, 5) is -0.535. The van der Waals surface area contributed by atoms with Crippen molar-refractivity contribution < 1.29 is 26.7 Å². The standard InChI is InChI=1S/C12H11F3O3S/c1-7(16)5-8-6-9-10(12(13,14)15)3-2-4-11(9)19(8,17)18/h2-4,6-7,16H,5H2,1H3. The Labute approximate surface area is 108 Å². The number of fused-ring (bicyclic) bond motifs is 1. The summed E-state index contributed by atoms with van der Waals surface area (Å²) in [5.74, 6) is 0. The van der Waals surface area contributed by atoms with Gasteiger partial charge in [-0.15, -0.1) is 0 Å². The van der Waals surface area contributed by atoms with Gasteiger partial charge in [0, 0.05) is 12.0 Å². The van der Waals surface area contributed by atoms with Crippen LogP contribution in [0.25, 0.3) is 6.08 Å². The van der Waals surface area contributed by atoms with Crippen LogP contribution in [-0.2, 0) is 16.0 Å². The maximum absolute atomic E-state index is 12.8. The van der Waals surface area contributed by atoms with E-state index in [1.54, 1.807) is 0 Å². The summed E-state index contributed by atoms with van der Waals surface area (Å²) >= 11 is 0. The van der Waals surface area contributed by atoms with Gasteiger partial charge in [0.1, 0.15) is 0 Å². The monoisotopic (exact) mass is 292 g/mol. The minimum atomic E-state index is -4.61. The van der Waals surface area contributed by atoms with Gasteiger partial charge in [0.2, 0.25) is 9.84 Å². The average Bonchev–Trinajstić information content (AvgIpc) is 2.49. The lowest BCUT2D eigenvalue weighted by Crippen LogP contribution is -2.09. The van der Waals surface area contributed by atoms with E-state index in [1.807, 2.05) is 0 Å². The molecule has 1 unspecified atom stereocenters. The largest absolute Gasteiger partial charge is 0.417 e. The predicted molar refractivity (Wildman–Crippen MR) is 62.9 cm³/mol. The summed E-state index contributed by atoms with van der Waals surface area (Å²) in [7, 11) is -3.92. The molecule has 2 rings (SSSR count). The van der Waals surface area contributed by atoms with Gasteiger partial charge in [0.25, 0.3) is 0 Å². The number of hydrogen-bond acceptors (Lipinski definition) is 3. The van der Waals surface area contributed by atoms with Crippen LogP contribution in [0.5, 0.6) is 0 Å². The SMILES string of the molecule is CC(O)CC1=Cc2c(C(F)(F)F)cccc2S1(=O)=O. The highest BCUT2D eigenvalue weighted by Crippen LogP contribution is 2.42. The molecular weight excluding hydrogens is 281 g/mol. The Morgan fingerprint density at radius 2 is 1.95 bits per heavy atom. The van der Waals surface area contributed by atoms with Gasteiger partial charge in [-0.05, 0) is 25.1 Å². The van der Waals surface area contributed by atoms with Gasteiger partial charge in [-0.3, -0.25) is 0 Å².